The lowest BCUT2D eigenvalue weighted by atomic mass is 10.0. The van der Waals surface area contributed by atoms with Gasteiger partial charge in [-0.05, 0) is 38.8 Å². The predicted octanol–water partition coefficient (Wildman–Crippen LogP) is 1.78. The molecule has 10 heteroatoms. The van der Waals surface area contributed by atoms with Crippen LogP contribution in [0, 0.1) is 0 Å². The molecule has 1 amide bonds. The number of hydrogen-bond donors (Lipinski definition) is 1. The van der Waals surface area contributed by atoms with Gasteiger partial charge in [0.2, 0.25) is 17.2 Å². The summed E-state index contributed by atoms with van der Waals surface area (Å²) < 4.78 is 10.8. The second-order valence-corrected chi connectivity index (χ2v) is 7.66. The Morgan fingerprint density at radius 1 is 1.27 bits per heavy atom. The number of halogens is 1. The minimum atomic E-state index is -0.501. The van der Waals surface area contributed by atoms with E-state index in [4.69, 9.17) is 21.1 Å². The fraction of sp³-hybridized carbons (Fsp3) is 0.750. The van der Waals surface area contributed by atoms with Crippen molar-refractivity contribution in [3.05, 3.63) is 5.28 Å². The monoisotopic (exact) mass is 384 g/mol. The first-order valence-electron chi connectivity index (χ1n) is 8.79. The topological polar surface area (TPSA) is 92.7 Å². The van der Waals surface area contributed by atoms with Crippen molar-refractivity contribution in [1.82, 2.24) is 19.9 Å². The Morgan fingerprint density at radius 2 is 2.00 bits per heavy atom. The molecular weight excluding hydrogens is 360 g/mol. The Labute approximate surface area is 158 Å². The number of nitrogens with one attached hydrogen (secondary N) is 1. The van der Waals surface area contributed by atoms with Crippen molar-refractivity contribution < 1.29 is 14.3 Å². The van der Waals surface area contributed by atoms with E-state index in [-0.39, 0.29) is 17.4 Å². The first-order valence-corrected chi connectivity index (χ1v) is 9.17. The minimum Gasteiger partial charge on any atom is -0.444 e. The second kappa shape index (κ2) is 7.79. The fourth-order valence-corrected chi connectivity index (χ4v) is 2.90. The molecule has 0 spiro atoms. The minimum absolute atomic E-state index is 0.0484. The van der Waals surface area contributed by atoms with Gasteiger partial charge in [0.1, 0.15) is 5.60 Å². The molecule has 26 heavy (non-hydrogen) atoms. The van der Waals surface area contributed by atoms with Gasteiger partial charge in [-0.1, -0.05) is 0 Å². The van der Waals surface area contributed by atoms with Crippen molar-refractivity contribution in [2.24, 2.45) is 0 Å². The highest BCUT2D eigenvalue weighted by Crippen LogP contribution is 2.22. The van der Waals surface area contributed by atoms with Gasteiger partial charge in [-0.3, -0.25) is 0 Å². The van der Waals surface area contributed by atoms with Crippen molar-refractivity contribution in [2.45, 2.75) is 38.8 Å². The van der Waals surface area contributed by atoms with E-state index in [9.17, 15) is 4.79 Å². The standard InChI is InChI=1S/C16H25ClN6O3/c1-16(2,3)26-15(24)23-5-4-11(23)10-18-13-19-12(17)20-14(21-13)22-6-8-25-9-7-22/h11H,4-10H2,1-3H3,(H,18,19,20,21). The molecule has 2 aliphatic heterocycles. The van der Waals surface area contributed by atoms with E-state index in [1.54, 1.807) is 4.90 Å². The van der Waals surface area contributed by atoms with Crippen LogP contribution in [0.25, 0.3) is 0 Å². The van der Waals surface area contributed by atoms with E-state index in [0.717, 1.165) is 19.5 Å². The summed E-state index contributed by atoms with van der Waals surface area (Å²) >= 11 is 6.04. The Kier molecular flexibility index (Phi) is 5.67. The largest absolute Gasteiger partial charge is 0.444 e. The molecule has 0 radical (unpaired) electrons. The third-order valence-electron chi connectivity index (χ3n) is 4.16. The van der Waals surface area contributed by atoms with Crippen LogP contribution in [0.3, 0.4) is 0 Å². The average Bonchev–Trinajstić information content (AvgIpc) is 2.52. The van der Waals surface area contributed by atoms with Crippen LogP contribution in [0.15, 0.2) is 0 Å². The summed E-state index contributed by atoms with van der Waals surface area (Å²) in [5.74, 6) is 0.941. The molecule has 144 valence electrons. The first kappa shape index (κ1) is 18.9. The summed E-state index contributed by atoms with van der Waals surface area (Å²) in [5.41, 5.74) is -0.501. The summed E-state index contributed by atoms with van der Waals surface area (Å²) in [4.78, 5) is 28.7. The third-order valence-corrected chi connectivity index (χ3v) is 4.33. The van der Waals surface area contributed by atoms with Crippen LogP contribution < -0.4 is 10.2 Å². The van der Waals surface area contributed by atoms with Crippen molar-refractivity contribution >= 4 is 29.6 Å². The van der Waals surface area contributed by atoms with Crippen molar-refractivity contribution in [3.8, 4) is 0 Å². The highest BCUT2D eigenvalue weighted by Gasteiger charge is 2.35. The number of anilines is 2. The fourth-order valence-electron chi connectivity index (χ4n) is 2.75. The first-order chi connectivity index (χ1) is 12.3. The highest BCUT2D eigenvalue weighted by atomic mass is 35.5. The number of morpholine rings is 1. The maximum Gasteiger partial charge on any atom is 0.410 e. The molecule has 0 saturated carbocycles. The molecule has 0 aromatic carbocycles. The maximum atomic E-state index is 12.2. The molecule has 1 atom stereocenters. The van der Waals surface area contributed by atoms with Gasteiger partial charge in [-0.2, -0.15) is 15.0 Å². The highest BCUT2D eigenvalue weighted by molar-refractivity contribution is 6.28. The molecule has 2 aliphatic rings. The molecule has 1 N–H and O–H groups in total. The number of hydrogen-bond acceptors (Lipinski definition) is 8. The van der Waals surface area contributed by atoms with E-state index in [0.29, 0.717) is 38.2 Å². The van der Waals surface area contributed by atoms with E-state index < -0.39 is 5.60 Å². The van der Waals surface area contributed by atoms with Crippen LogP contribution >= 0.6 is 11.6 Å². The lowest BCUT2D eigenvalue weighted by Gasteiger charge is -2.41. The summed E-state index contributed by atoms with van der Waals surface area (Å²) in [7, 11) is 0. The zero-order valence-electron chi connectivity index (χ0n) is 15.4. The molecule has 2 fully saturated rings. The molecule has 0 bridgehead atoms. The SMILES string of the molecule is CC(C)(C)OC(=O)N1CCC1CNc1nc(Cl)nc(N2CCOCC2)n1. The van der Waals surface area contributed by atoms with Crippen LogP contribution in [-0.2, 0) is 9.47 Å². The van der Waals surface area contributed by atoms with Crippen molar-refractivity contribution in [1.29, 1.82) is 0 Å². The van der Waals surface area contributed by atoms with Gasteiger partial charge in [0, 0.05) is 26.2 Å². The zero-order chi connectivity index (χ0) is 18.7. The van der Waals surface area contributed by atoms with Gasteiger partial charge in [-0.25, -0.2) is 4.79 Å². The molecule has 9 nitrogen and oxygen atoms in total. The third kappa shape index (κ3) is 4.85. The Hall–Kier alpha value is -1.87. The number of likely N-dealkylation sites (tertiary alicyclic amines) is 1. The maximum absolute atomic E-state index is 12.2. The van der Waals surface area contributed by atoms with Gasteiger partial charge in [0.25, 0.3) is 0 Å². The average molecular weight is 385 g/mol. The lowest BCUT2D eigenvalue weighted by Crippen LogP contribution is -2.55. The van der Waals surface area contributed by atoms with Crippen LogP contribution in [0.1, 0.15) is 27.2 Å². The van der Waals surface area contributed by atoms with Crippen LogP contribution in [-0.4, -0.2) is 77.0 Å². The van der Waals surface area contributed by atoms with Gasteiger partial charge in [0.15, 0.2) is 0 Å². The van der Waals surface area contributed by atoms with Gasteiger partial charge in [-0.15, -0.1) is 0 Å². The number of rotatable bonds is 4. The number of amides is 1. The molecule has 1 unspecified atom stereocenters. The Morgan fingerprint density at radius 3 is 2.62 bits per heavy atom. The van der Waals surface area contributed by atoms with Crippen LogP contribution in [0.2, 0.25) is 5.28 Å². The zero-order valence-corrected chi connectivity index (χ0v) is 16.1. The lowest BCUT2D eigenvalue weighted by molar-refractivity contribution is -0.00277. The summed E-state index contributed by atoms with van der Waals surface area (Å²) in [5, 5.41) is 3.30. The van der Waals surface area contributed by atoms with E-state index in [1.165, 1.54) is 0 Å². The number of nitrogens with zero attached hydrogens (tertiary/aromatic N) is 5. The molecule has 3 heterocycles. The van der Waals surface area contributed by atoms with Gasteiger partial charge in [0.05, 0.1) is 19.3 Å². The van der Waals surface area contributed by atoms with E-state index >= 15 is 0 Å². The molecule has 1 aromatic rings. The molecule has 1 aromatic heterocycles. The molecular formula is C16H25ClN6O3. The normalized spacial score (nSPS) is 20.5. The van der Waals surface area contributed by atoms with Gasteiger partial charge >= 0.3 is 6.09 Å². The molecule has 3 rings (SSSR count). The summed E-state index contributed by atoms with van der Waals surface area (Å²) in [6, 6.07) is 0.0484. The summed E-state index contributed by atoms with van der Waals surface area (Å²) in [6.07, 6.45) is 0.611. The van der Waals surface area contributed by atoms with Crippen molar-refractivity contribution in [3.63, 3.8) is 0 Å². The Bertz CT molecular complexity index is 647. The van der Waals surface area contributed by atoms with E-state index in [1.807, 2.05) is 25.7 Å². The quantitative estimate of drug-likeness (QED) is 0.839. The number of ether oxygens (including phenoxy) is 2. The van der Waals surface area contributed by atoms with Crippen LogP contribution in [0.5, 0.6) is 0 Å². The second-order valence-electron chi connectivity index (χ2n) is 7.32. The summed E-state index contributed by atoms with van der Waals surface area (Å²) in [6.45, 7) is 9.51. The smallest absolute Gasteiger partial charge is 0.410 e. The number of carbonyl (C=O) groups is 1. The molecule has 2 saturated heterocycles. The van der Waals surface area contributed by atoms with E-state index in [2.05, 4.69) is 20.3 Å². The number of carbonyl (C=O) groups excluding carboxylic acids is 1. The van der Waals surface area contributed by atoms with Gasteiger partial charge < -0.3 is 24.6 Å². The Balaban J connectivity index is 1.57. The number of aromatic nitrogens is 3. The predicted molar refractivity (Wildman–Crippen MR) is 97.7 cm³/mol. The molecule has 0 aliphatic carbocycles. The van der Waals surface area contributed by atoms with Crippen LogP contribution in [0.4, 0.5) is 16.7 Å². The van der Waals surface area contributed by atoms with Crippen molar-refractivity contribution in [2.75, 3.05) is 49.6 Å².